The van der Waals surface area contributed by atoms with Crippen LogP contribution in [0.4, 0.5) is 4.39 Å². The van der Waals surface area contributed by atoms with Crippen molar-refractivity contribution in [3.63, 3.8) is 0 Å². The van der Waals surface area contributed by atoms with Crippen LogP contribution in [0.1, 0.15) is 55.8 Å². The summed E-state index contributed by atoms with van der Waals surface area (Å²) in [5, 5.41) is 9.85. The lowest BCUT2D eigenvalue weighted by Gasteiger charge is -2.09. The van der Waals surface area contributed by atoms with Gasteiger partial charge in [-0.3, -0.25) is 4.98 Å². The van der Waals surface area contributed by atoms with E-state index in [2.05, 4.69) is 16.9 Å². The van der Waals surface area contributed by atoms with Crippen molar-refractivity contribution in [1.29, 1.82) is 0 Å². The molecule has 0 spiro atoms. The Morgan fingerprint density at radius 2 is 1.63 bits per heavy atom. The van der Waals surface area contributed by atoms with Gasteiger partial charge in [0, 0.05) is 17.1 Å². The fourth-order valence-corrected chi connectivity index (χ4v) is 4.04. The monoisotopic (exact) mass is 472 g/mol. The van der Waals surface area contributed by atoms with E-state index in [1.807, 2.05) is 36.4 Å². The van der Waals surface area contributed by atoms with Crippen LogP contribution in [0.3, 0.4) is 0 Å². The minimum absolute atomic E-state index is 0.00748. The Kier molecular flexibility index (Phi) is 8.03. The number of pyridine rings is 2. The fraction of sp³-hybridized carbons (Fsp3) is 0.276. The molecule has 0 saturated heterocycles. The molecule has 0 radical (unpaired) electrons. The van der Waals surface area contributed by atoms with E-state index < -0.39 is 11.8 Å². The third-order valence-electron chi connectivity index (χ3n) is 5.98. The van der Waals surface area contributed by atoms with E-state index in [-0.39, 0.29) is 10.9 Å². The molecule has 0 bridgehead atoms. The first-order chi connectivity index (χ1) is 17.0. The molecule has 0 fully saturated rings. The average Bonchev–Trinajstić information content (AvgIpc) is 2.88. The maximum absolute atomic E-state index is 13.6. The summed E-state index contributed by atoms with van der Waals surface area (Å²) >= 11 is 0. The first kappa shape index (κ1) is 24.3. The number of carboxylic acids is 1. The topological polar surface area (TPSA) is 72.3 Å². The molecule has 0 aliphatic heterocycles. The second-order valence-corrected chi connectivity index (χ2v) is 8.59. The molecule has 180 valence electrons. The number of aromatic carboxylic acids is 1. The summed E-state index contributed by atoms with van der Waals surface area (Å²) < 4.78 is 19.5. The first-order valence-electron chi connectivity index (χ1n) is 12.1. The lowest BCUT2D eigenvalue weighted by atomic mass is 10.0. The van der Waals surface area contributed by atoms with Gasteiger partial charge in [-0.1, -0.05) is 57.2 Å². The highest BCUT2D eigenvalue weighted by atomic mass is 19.1. The maximum Gasteiger partial charge on any atom is 0.336 e. The molecule has 6 heteroatoms. The zero-order valence-corrected chi connectivity index (χ0v) is 19.8. The van der Waals surface area contributed by atoms with E-state index in [0.717, 1.165) is 29.9 Å². The van der Waals surface area contributed by atoms with E-state index in [4.69, 9.17) is 4.74 Å². The van der Waals surface area contributed by atoms with Gasteiger partial charge < -0.3 is 9.84 Å². The van der Waals surface area contributed by atoms with E-state index >= 15 is 0 Å². The number of fused-ring (bicyclic) bond motifs is 1. The van der Waals surface area contributed by atoms with Crippen LogP contribution in [0.2, 0.25) is 0 Å². The summed E-state index contributed by atoms with van der Waals surface area (Å²) in [6, 6.07) is 17.0. The summed E-state index contributed by atoms with van der Waals surface area (Å²) in [6.45, 7) is 2.95. The van der Waals surface area contributed by atoms with Crippen molar-refractivity contribution in [3.05, 3.63) is 78.2 Å². The van der Waals surface area contributed by atoms with Gasteiger partial charge in [0.05, 0.1) is 29.1 Å². The fourth-order valence-electron chi connectivity index (χ4n) is 4.04. The van der Waals surface area contributed by atoms with Crippen molar-refractivity contribution in [3.8, 4) is 28.3 Å². The normalized spacial score (nSPS) is 11.0. The molecule has 2 heterocycles. The van der Waals surface area contributed by atoms with E-state index in [1.165, 1.54) is 56.4 Å². The van der Waals surface area contributed by atoms with Crippen LogP contribution in [0.25, 0.3) is 33.4 Å². The molecule has 0 saturated carbocycles. The second-order valence-electron chi connectivity index (χ2n) is 8.59. The van der Waals surface area contributed by atoms with Gasteiger partial charge in [0.25, 0.3) is 0 Å². The number of carboxylic acid groups (broad SMARTS) is 1. The molecule has 0 atom stereocenters. The maximum atomic E-state index is 13.6. The predicted octanol–water partition coefficient (Wildman–Crippen LogP) is 7.54. The lowest BCUT2D eigenvalue weighted by molar-refractivity contribution is 0.0699. The van der Waals surface area contributed by atoms with Gasteiger partial charge in [-0.15, -0.1) is 0 Å². The Hall–Kier alpha value is -3.80. The van der Waals surface area contributed by atoms with Crippen molar-refractivity contribution in [1.82, 2.24) is 9.97 Å². The van der Waals surface area contributed by atoms with Crippen LogP contribution in [0.15, 0.2) is 66.9 Å². The van der Waals surface area contributed by atoms with Crippen molar-refractivity contribution in [2.24, 2.45) is 0 Å². The highest BCUT2D eigenvalue weighted by Crippen LogP contribution is 2.27. The van der Waals surface area contributed by atoms with Crippen LogP contribution in [-0.2, 0) is 0 Å². The Balaban J connectivity index is 1.43. The second kappa shape index (κ2) is 11.6. The van der Waals surface area contributed by atoms with Crippen LogP contribution >= 0.6 is 0 Å². The zero-order valence-electron chi connectivity index (χ0n) is 19.8. The molecule has 1 N–H and O–H groups in total. The zero-order chi connectivity index (χ0) is 24.6. The Morgan fingerprint density at radius 1 is 0.886 bits per heavy atom. The summed E-state index contributed by atoms with van der Waals surface area (Å²) in [5.74, 6) is -0.791. The quantitative estimate of drug-likeness (QED) is 0.228. The van der Waals surface area contributed by atoms with Gasteiger partial charge in [-0.2, -0.15) is 0 Å². The Morgan fingerprint density at radius 3 is 2.34 bits per heavy atom. The summed E-state index contributed by atoms with van der Waals surface area (Å²) in [7, 11) is 0. The van der Waals surface area contributed by atoms with Crippen molar-refractivity contribution >= 4 is 16.9 Å². The van der Waals surface area contributed by atoms with Gasteiger partial charge in [-0.25, -0.2) is 14.2 Å². The number of ether oxygens (including phenoxy) is 1. The largest absolute Gasteiger partial charge is 0.494 e. The molecular weight excluding hydrogens is 443 g/mol. The minimum Gasteiger partial charge on any atom is -0.494 e. The highest BCUT2D eigenvalue weighted by Gasteiger charge is 2.14. The van der Waals surface area contributed by atoms with Crippen LogP contribution in [0, 0.1) is 5.82 Å². The smallest absolute Gasteiger partial charge is 0.336 e. The standard InChI is InChI=1S/C29H29FN2O3/c1-2-3-4-5-6-7-16-35-23-12-8-20(9-13-23)21-10-14-27(31-19-21)28-18-25(29(33)34)24-17-22(30)11-15-26(24)32-28/h8-15,17-19H,2-7,16H2,1H3,(H,33,34). The van der Waals surface area contributed by atoms with Gasteiger partial charge in [-0.05, 0) is 54.4 Å². The number of hydrogen-bond donors (Lipinski definition) is 1. The van der Waals surface area contributed by atoms with E-state index in [9.17, 15) is 14.3 Å². The minimum atomic E-state index is -1.14. The average molecular weight is 473 g/mol. The number of benzene rings is 2. The molecule has 0 aliphatic carbocycles. The number of unbranched alkanes of at least 4 members (excludes halogenated alkanes) is 5. The van der Waals surface area contributed by atoms with E-state index in [1.54, 1.807) is 6.20 Å². The number of halogens is 1. The van der Waals surface area contributed by atoms with Crippen LogP contribution in [0.5, 0.6) is 5.75 Å². The van der Waals surface area contributed by atoms with Gasteiger partial charge in [0.1, 0.15) is 11.6 Å². The third kappa shape index (κ3) is 6.21. The molecule has 2 aromatic heterocycles. The molecule has 4 aromatic rings. The van der Waals surface area contributed by atoms with Crippen LogP contribution in [-0.4, -0.2) is 27.7 Å². The molecular formula is C29H29FN2O3. The summed E-state index contributed by atoms with van der Waals surface area (Å²) in [6.07, 6.45) is 9.14. The third-order valence-corrected chi connectivity index (χ3v) is 5.98. The molecule has 4 rings (SSSR count). The molecule has 0 unspecified atom stereocenters. The van der Waals surface area contributed by atoms with Gasteiger partial charge in [0.2, 0.25) is 0 Å². The first-order valence-corrected chi connectivity index (χ1v) is 12.1. The van der Waals surface area contributed by atoms with Crippen molar-refractivity contribution in [2.45, 2.75) is 45.4 Å². The molecule has 5 nitrogen and oxygen atoms in total. The number of aromatic nitrogens is 2. The van der Waals surface area contributed by atoms with E-state index in [0.29, 0.717) is 16.9 Å². The molecule has 2 aromatic carbocycles. The number of carbonyl (C=O) groups is 1. The summed E-state index contributed by atoms with van der Waals surface area (Å²) in [4.78, 5) is 20.7. The van der Waals surface area contributed by atoms with Gasteiger partial charge >= 0.3 is 5.97 Å². The highest BCUT2D eigenvalue weighted by molar-refractivity contribution is 6.03. The SMILES string of the molecule is CCCCCCCCOc1ccc(-c2ccc(-c3cc(C(=O)O)c4cc(F)ccc4n3)nc2)cc1. The Bertz CT molecular complexity index is 1290. The number of hydrogen-bond acceptors (Lipinski definition) is 4. The van der Waals surface area contributed by atoms with Crippen molar-refractivity contribution < 1.29 is 19.0 Å². The van der Waals surface area contributed by atoms with Crippen LogP contribution < -0.4 is 4.74 Å². The van der Waals surface area contributed by atoms with Gasteiger partial charge in [0.15, 0.2) is 0 Å². The Labute approximate surface area is 204 Å². The molecule has 0 amide bonds. The van der Waals surface area contributed by atoms with Crippen molar-refractivity contribution in [2.75, 3.05) is 6.61 Å². The number of rotatable bonds is 11. The molecule has 0 aliphatic rings. The predicted molar refractivity (Wildman–Crippen MR) is 136 cm³/mol. The number of nitrogens with zero attached hydrogens (tertiary/aromatic N) is 2. The molecule has 35 heavy (non-hydrogen) atoms. The summed E-state index contributed by atoms with van der Waals surface area (Å²) in [5.41, 5.74) is 3.30. The lowest BCUT2D eigenvalue weighted by Crippen LogP contribution is -2.01.